The summed E-state index contributed by atoms with van der Waals surface area (Å²) in [6, 6.07) is 2.13. The van der Waals surface area contributed by atoms with E-state index in [4.69, 9.17) is 9.72 Å². The highest BCUT2D eigenvalue weighted by Gasteiger charge is 2.34. The number of thiazole rings is 1. The Morgan fingerprint density at radius 2 is 2.43 bits per heavy atom. The molecule has 0 radical (unpaired) electrons. The Kier molecular flexibility index (Phi) is 4.26. The van der Waals surface area contributed by atoms with Crippen molar-refractivity contribution in [1.29, 1.82) is 0 Å². The summed E-state index contributed by atoms with van der Waals surface area (Å²) in [6.07, 6.45) is 1.77. The number of carbonyl (C=O) groups excluding carboxylic acids is 1. The van der Waals surface area contributed by atoms with Crippen molar-refractivity contribution in [1.82, 2.24) is 4.98 Å². The maximum atomic E-state index is 12.0. The highest BCUT2D eigenvalue weighted by Crippen LogP contribution is 2.40. The van der Waals surface area contributed by atoms with Crippen LogP contribution in [0.3, 0.4) is 0 Å². The molecule has 2 aromatic heterocycles. The van der Waals surface area contributed by atoms with Crippen LogP contribution in [0.1, 0.15) is 35.4 Å². The molecule has 21 heavy (non-hydrogen) atoms. The lowest BCUT2D eigenvalue weighted by atomic mass is 10.1. The van der Waals surface area contributed by atoms with Gasteiger partial charge in [-0.2, -0.15) is 11.3 Å². The molecule has 2 aromatic rings. The van der Waals surface area contributed by atoms with Gasteiger partial charge in [0, 0.05) is 18.5 Å². The number of hydrogen-bond acceptors (Lipinski definition) is 6. The first-order chi connectivity index (χ1) is 10.2. The Morgan fingerprint density at radius 1 is 1.57 bits per heavy atom. The summed E-state index contributed by atoms with van der Waals surface area (Å²) in [5.41, 5.74) is 2.23. The topological polar surface area (TPSA) is 42.4 Å². The fourth-order valence-corrected chi connectivity index (χ4v) is 4.33. The van der Waals surface area contributed by atoms with E-state index in [0.717, 1.165) is 30.2 Å². The quantitative estimate of drug-likeness (QED) is 0.791. The molecule has 0 amide bonds. The van der Waals surface area contributed by atoms with Crippen LogP contribution in [0.5, 0.6) is 0 Å². The molecule has 2 heterocycles. The molecule has 112 valence electrons. The van der Waals surface area contributed by atoms with Crippen LogP contribution in [-0.4, -0.2) is 24.6 Å². The number of esters is 1. The molecule has 0 aliphatic heterocycles. The SMILES string of the molecule is CCOC(=O)C1CCc2sc(N(C)Cc3ccsc3)nc21. The van der Waals surface area contributed by atoms with Crippen LogP contribution in [0.15, 0.2) is 16.8 Å². The zero-order valence-corrected chi connectivity index (χ0v) is 13.8. The number of thiophene rings is 1. The summed E-state index contributed by atoms with van der Waals surface area (Å²) < 4.78 is 5.15. The van der Waals surface area contributed by atoms with E-state index in [0.29, 0.717) is 6.61 Å². The molecule has 1 aliphatic rings. The van der Waals surface area contributed by atoms with Crippen molar-refractivity contribution in [2.24, 2.45) is 0 Å². The Hall–Kier alpha value is -1.40. The van der Waals surface area contributed by atoms with E-state index >= 15 is 0 Å². The van der Waals surface area contributed by atoms with Gasteiger partial charge in [-0.1, -0.05) is 0 Å². The first kappa shape index (κ1) is 14.5. The predicted molar refractivity (Wildman–Crippen MR) is 86.2 cm³/mol. The number of aromatic nitrogens is 1. The van der Waals surface area contributed by atoms with Crippen molar-refractivity contribution in [3.05, 3.63) is 33.0 Å². The second-order valence-corrected chi connectivity index (χ2v) is 6.98. The normalized spacial score (nSPS) is 16.8. The van der Waals surface area contributed by atoms with Gasteiger partial charge in [0.15, 0.2) is 5.13 Å². The molecule has 4 nitrogen and oxygen atoms in total. The maximum Gasteiger partial charge on any atom is 0.315 e. The molecule has 1 aliphatic carbocycles. The van der Waals surface area contributed by atoms with Gasteiger partial charge in [0.1, 0.15) is 5.92 Å². The van der Waals surface area contributed by atoms with Gasteiger partial charge in [0.2, 0.25) is 0 Å². The van der Waals surface area contributed by atoms with Crippen LogP contribution >= 0.6 is 22.7 Å². The van der Waals surface area contributed by atoms with Crippen LogP contribution in [0.4, 0.5) is 5.13 Å². The summed E-state index contributed by atoms with van der Waals surface area (Å²) in [7, 11) is 2.05. The lowest BCUT2D eigenvalue weighted by Gasteiger charge is -2.15. The van der Waals surface area contributed by atoms with Gasteiger partial charge in [0.05, 0.1) is 12.3 Å². The van der Waals surface area contributed by atoms with Crippen LogP contribution in [0, 0.1) is 0 Å². The number of rotatable bonds is 5. The predicted octanol–water partition coefficient (Wildman–Crippen LogP) is 3.43. The minimum Gasteiger partial charge on any atom is -0.465 e. The molecule has 0 bridgehead atoms. The third-order valence-electron chi connectivity index (χ3n) is 3.60. The molecule has 0 spiro atoms. The zero-order valence-electron chi connectivity index (χ0n) is 12.2. The van der Waals surface area contributed by atoms with Gasteiger partial charge < -0.3 is 9.64 Å². The first-order valence-electron chi connectivity index (χ1n) is 7.07. The number of fused-ring (bicyclic) bond motifs is 1. The zero-order chi connectivity index (χ0) is 14.8. The summed E-state index contributed by atoms with van der Waals surface area (Å²) in [5.74, 6) is -0.298. The fraction of sp³-hybridized carbons (Fsp3) is 0.467. The largest absolute Gasteiger partial charge is 0.465 e. The average Bonchev–Trinajstić information content (AvgIpc) is 3.14. The molecule has 3 rings (SSSR count). The third kappa shape index (κ3) is 2.96. The van der Waals surface area contributed by atoms with Gasteiger partial charge in [-0.3, -0.25) is 4.79 Å². The lowest BCUT2D eigenvalue weighted by Crippen LogP contribution is -2.17. The Labute approximate surface area is 132 Å². The van der Waals surface area contributed by atoms with Crippen molar-refractivity contribution < 1.29 is 9.53 Å². The second-order valence-electron chi connectivity index (χ2n) is 5.14. The van der Waals surface area contributed by atoms with Gasteiger partial charge in [-0.25, -0.2) is 4.98 Å². The molecule has 0 N–H and O–H groups in total. The summed E-state index contributed by atoms with van der Waals surface area (Å²) in [5, 5.41) is 5.22. The molecule has 0 fully saturated rings. The van der Waals surface area contributed by atoms with E-state index in [1.165, 1.54) is 10.4 Å². The van der Waals surface area contributed by atoms with Crippen LogP contribution in [-0.2, 0) is 22.5 Å². The highest BCUT2D eigenvalue weighted by molar-refractivity contribution is 7.15. The second kappa shape index (κ2) is 6.15. The van der Waals surface area contributed by atoms with E-state index in [1.54, 1.807) is 22.7 Å². The van der Waals surface area contributed by atoms with Crippen molar-refractivity contribution >= 4 is 33.8 Å². The monoisotopic (exact) mass is 322 g/mol. The molecule has 0 saturated carbocycles. The molecule has 0 saturated heterocycles. The van der Waals surface area contributed by atoms with Crippen LogP contribution in [0.2, 0.25) is 0 Å². The molecule has 1 atom stereocenters. The van der Waals surface area contributed by atoms with E-state index < -0.39 is 0 Å². The van der Waals surface area contributed by atoms with Crippen molar-refractivity contribution in [2.75, 3.05) is 18.6 Å². The standard InChI is InChI=1S/C15H18N2O2S2/c1-3-19-14(18)11-4-5-12-13(11)16-15(21-12)17(2)8-10-6-7-20-9-10/h6-7,9,11H,3-5,8H2,1-2H3. The molecule has 6 heteroatoms. The number of ether oxygens (including phenoxy) is 1. The number of carbonyl (C=O) groups is 1. The van der Waals surface area contributed by atoms with Crippen molar-refractivity contribution in [3.8, 4) is 0 Å². The Balaban J connectivity index is 1.75. The van der Waals surface area contributed by atoms with Crippen LogP contribution in [0.25, 0.3) is 0 Å². The summed E-state index contributed by atoms with van der Waals surface area (Å²) in [6.45, 7) is 3.12. The smallest absolute Gasteiger partial charge is 0.315 e. The Bertz CT molecular complexity index is 622. The summed E-state index contributed by atoms with van der Waals surface area (Å²) in [4.78, 5) is 20.1. The van der Waals surface area contributed by atoms with E-state index in [1.807, 2.05) is 14.0 Å². The van der Waals surface area contributed by atoms with Crippen molar-refractivity contribution in [2.45, 2.75) is 32.2 Å². The van der Waals surface area contributed by atoms with Gasteiger partial charge in [0.25, 0.3) is 0 Å². The molecular weight excluding hydrogens is 304 g/mol. The van der Waals surface area contributed by atoms with E-state index in [9.17, 15) is 4.79 Å². The summed E-state index contributed by atoms with van der Waals surface area (Å²) >= 11 is 3.41. The maximum absolute atomic E-state index is 12.0. The lowest BCUT2D eigenvalue weighted by molar-refractivity contribution is -0.145. The minimum absolute atomic E-state index is 0.131. The first-order valence-corrected chi connectivity index (χ1v) is 8.83. The number of aryl methyl sites for hydroxylation is 1. The van der Waals surface area contributed by atoms with Gasteiger partial charge in [-0.15, -0.1) is 11.3 Å². The molecule has 1 unspecified atom stereocenters. The van der Waals surface area contributed by atoms with Crippen molar-refractivity contribution in [3.63, 3.8) is 0 Å². The fourth-order valence-electron chi connectivity index (χ4n) is 2.57. The van der Waals surface area contributed by atoms with Gasteiger partial charge in [-0.05, 0) is 42.2 Å². The van der Waals surface area contributed by atoms with E-state index in [-0.39, 0.29) is 11.9 Å². The third-order valence-corrected chi connectivity index (χ3v) is 5.58. The molecular formula is C15H18N2O2S2. The average molecular weight is 322 g/mol. The number of hydrogen-bond donors (Lipinski definition) is 0. The van der Waals surface area contributed by atoms with Gasteiger partial charge >= 0.3 is 5.97 Å². The van der Waals surface area contributed by atoms with E-state index in [2.05, 4.69) is 21.7 Å². The number of anilines is 1. The molecule has 0 aromatic carbocycles. The highest BCUT2D eigenvalue weighted by atomic mass is 32.1. The Morgan fingerprint density at radius 3 is 3.14 bits per heavy atom. The van der Waals surface area contributed by atoms with Crippen LogP contribution < -0.4 is 4.90 Å². The number of nitrogens with zero attached hydrogens (tertiary/aromatic N) is 2. The minimum atomic E-state index is -0.167.